The van der Waals surface area contributed by atoms with Crippen LogP contribution < -0.4 is 5.32 Å². The summed E-state index contributed by atoms with van der Waals surface area (Å²) in [4.78, 5) is 2.47. The Hall–Kier alpha value is -0.160. The predicted octanol–water partition coefficient (Wildman–Crippen LogP) is 1.75. The van der Waals surface area contributed by atoms with E-state index in [2.05, 4.69) is 37.9 Å². The monoisotopic (exact) mass is 260 g/mol. The molecule has 0 fully saturated rings. The maximum atomic E-state index is 5.27. The fraction of sp³-hybridized carbons (Fsp3) is 1.00. The standard InChI is InChI=1S/C14H32N2O2/c1-7-15-12(2)10-13(3)16(8-9-17-5)14(4)11-18-6/h12-15H,7-11H2,1-6H3. The van der Waals surface area contributed by atoms with Crippen LogP contribution in [0.3, 0.4) is 0 Å². The van der Waals surface area contributed by atoms with Gasteiger partial charge in [0.15, 0.2) is 0 Å². The molecule has 110 valence electrons. The van der Waals surface area contributed by atoms with Crippen molar-refractivity contribution in [1.29, 1.82) is 0 Å². The normalized spacial score (nSPS) is 16.8. The van der Waals surface area contributed by atoms with Crippen LogP contribution in [0.2, 0.25) is 0 Å². The molecule has 3 atom stereocenters. The molecule has 0 aliphatic heterocycles. The molecule has 0 aliphatic rings. The molecular weight excluding hydrogens is 228 g/mol. The minimum absolute atomic E-state index is 0.425. The van der Waals surface area contributed by atoms with Crippen molar-refractivity contribution in [2.24, 2.45) is 0 Å². The highest BCUT2D eigenvalue weighted by Crippen LogP contribution is 2.11. The molecule has 18 heavy (non-hydrogen) atoms. The minimum Gasteiger partial charge on any atom is -0.383 e. The lowest BCUT2D eigenvalue weighted by Crippen LogP contribution is -2.46. The molecule has 0 aromatic carbocycles. The second kappa shape index (κ2) is 10.7. The Kier molecular flexibility index (Phi) is 10.6. The Labute approximate surface area is 113 Å². The second-order valence-electron chi connectivity index (χ2n) is 5.08. The molecule has 0 amide bonds. The van der Waals surface area contributed by atoms with Crippen molar-refractivity contribution >= 4 is 0 Å². The Morgan fingerprint density at radius 3 is 2.22 bits per heavy atom. The Bertz CT molecular complexity index is 191. The lowest BCUT2D eigenvalue weighted by molar-refractivity contribution is 0.0470. The van der Waals surface area contributed by atoms with Crippen molar-refractivity contribution in [3.05, 3.63) is 0 Å². The van der Waals surface area contributed by atoms with Gasteiger partial charge in [-0.25, -0.2) is 0 Å². The van der Waals surface area contributed by atoms with Gasteiger partial charge < -0.3 is 14.8 Å². The van der Waals surface area contributed by atoms with Crippen LogP contribution in [-0.2, 0) is 9.47 Å². The van der Waals surface area contributed by atoms with Gasteiger partial charge in [-0.3, -0.25) is 4.90 Å². The lowest BCUT2D eigenvalue weighted by atomic mass is 10.1. The molecule has 1 N–H and O–H groups in total. The van der Waals surface area contributed by atoms with Crippen molar-refractivity contribution < 1.29 is 9.47 Å². The number of nitrogens with one attached hydrogen (secondary N) is 1. The molecule has 0 radical (unpaired) electrons. The van der Waals surface area contributed by atoms with Crippen LogP contribution in [0.5, 0.6) is 0 Å². The molecule has 0 aromatic heterocycles. The van der Waals surface area contributed by atoms with E-state index in [9.17, 15) is 0 Å². The van der Waals surface area contributed by atoms with Crippen molar-refractivity contribution in [2.75, 3.05) is 40.5 Å². The van der Waals surface area contributed by atoms with E-state index < -0.39 is 0 Å². The highest BCUT2D eigenvalue weighted by atomic mass is 16.5. The topological polar surface area (TPSA) is 33.7 Å². The van der Waals surface area contributed by atoms with Crippen molar-refractivity contribution in [1.82, 2.24) is 10.2 Å². The molecule has 3 unspecified atom stereocenters. The molecule has 0 heterocycles. The van der Waals surface area contributed by atoms with Crippen molar-refractivity contribution in [3.63, 3.8) is 0 Å². The van der Waals surface area contributed by atoms with Gasteiger partial charge >= 0.3 is 0 Å². The van der Waals surface area contributed by atoms with Crippen LogP contribution in [0.25, 0.3) is 0 Å². The average Bonchev–Trinajstić information content (AvgIpc) is 2.30. The molecule has 0 aromatic rings. The first-order chi connectivity index (χ1) is 8.56. The highest BCUT2D eigenvalue weighted by molar-refractivity contribution is 4.77. The summed E-state index contributed by atoms with van der Waals surface area (Å²) in [7, 11) is 3.52. The quantitative estimate of drug-likeness (QED) is 0.613. The maximum absolute atomic E-state index is 5.27. The maximum Gasteiger partial charge on any atom is 0.0615 e. The molecule has 0 aliphatic carbocycles. The third-order valence-electron chi connectivity index (χ3n) is 3.34. The first kappa shape index (κ1) is 17.8. The smallest absolute Gasteiger partial charge is 0.0615 e. The third-order valence-corrected chi connectivity index (χ3v) is 3.34. The highest BCUT2D eigenvalue weighted by Gasteiger charge is 2.21. The van der Waals surface area contributed by atoms with Gasteiger partial charge in [0.25, 0.3) is 0 Å². The molecule has 0 saturated carbocycles. The van der Waals surface area contributed by atoms with Crippen LogP contribution >= 0.6 is 0 Å². The van der Waals surface area contributed by atoms with Crippen LogP contribution in [0.15, 0.2) is 0 Å². The molecular formula is C14H32N2O2. The van der Waals surface area contributed by atoms with E-state index in [0.717, 1.165) is 32.7 Å². The number of hydrogen-bond acceptors (Lipinski definition) is 4. The SMILES string of the molecule is CCNC(C)CC(C)N(CCOC)C(C)COC. The van der Waals surface area contributed by atoms with Crippen LogP contribution in [0.4, 0.5) is 0 Å². The minimum atomic E-state index is 0.425. The number of nitrogens with zero attached hydrogens (tertiary/aromatic N) is 1. The van der Waals surface area contributed by atoms with E-state index in [1.165, 1.54) is 0 Å². The fourth-order valence-corrected chi connectivity index (χ4v) is 2.49. The summed E-state index contributed by atoms with van der Waals surface area (Å²) in [6, 6.07) is 1.50. The van der Waals surface area contributed by atoms with Crippen LogP contribution in [-0.4, -0.2) is 63.5 Å². The van der Waals surface area contributed by atoms with Crippen molar-refractivity contribution in [2.45, 2.75) is 52.2 Å². The summed E-state index contributed by atoms with van der Waals surface area (Å²) in [6.07, 6.45) is 1.14. The van der Waals surface area contributed by atoms with Gasteiger partial charge in [-0.15, -0.1) is 0 Å². The summed E-state index contributed by atoms with van der Waals surface area (Å²) >= 11 is 0. The Morgan fingerprint density at radius 2 is 1.72 bits per heavy atom. The number of rotatable bonds is 11. The largest absolute Gasteiger partial charge is 0.383 e. The van der Waals surface area contributed by atoms with E-state index in [-0.39, 0.29) is 0 Å². The summed E-state index contributed by atoms with van der Waals surface area (Å²) in [5, 5.41) is 3.47. The Morgan fingerprint density at radius 1 is 1.06 bits per heavy atom. The molecule has 4 nitrogen and oxygen atoms in total. The second-order valence-corrected chi connectivity index (χ2v) is 5.08. The van der Waals surface area contributed by atoms with Gasteiger partial charge in [-0.05, 0) is 33.7 Å². The zero-order valence-corrected chi connectivity index (χ0v) is 13.0. The van der Waals surface area contributed by atoms with E-state index in [1.807, 2.05) is 0 Å². The van der Waals surface area contributed by atoms with Gasteiger partial charge in [-0.1, -0.05) is 6.92 Å². The van der Waals surface area contributed by atoms with Crippen LogP contribution in [0, 0.1) is 0 Å². The fourth-order valence-electron chi connectivity index (χ4n) is 2.49. The average molecular weight is 260 g/mol. The van der Waals surface area contributed by atoms with E-state index in [4.69, 9.17) is 9.47 Å². The van der Waals surface area contributed by atoms with Crippen molar-refractivity contribution in [3.8, 4) is 0 Å². The number of methoxy groups -OCH3 is 2. The zero-order valence-electron chi connectivity index (χ0n) is 13.0. The zero-order chi connectivity index (χ0) is 14.0. The van der Waals surface area contributed by atoms with E-state index in [1.54, 1.807) is 14.2 Å². The molecule has 4 heteroatoms. The van der Waals surface area contributed by atoms with Gasteiger partial charge in [0.2, 0.25) is 0 Å². The molecule has 0 spiro atoms. The first-order valence-electron chi connectivity index (χ1n) is 7.03. The number of ether oxygens (including phenoxy) is 2. The molecule has 0 saturated heterocycles. The summed E-state index contributed by atoms with van der Waals surface area (Å²) in [5.74, 6) is 0. The Balaban J connectivity index is 4.33. The predicted molar refractivity (Wildman–Crippen MR) is 77.1 cm³/mol. The van der Waals surface area contributed by atoms with E-state index in [0.29, 0.717) is 18.1 Å². The first-order valence-corrected chi connectivity index (χ1v) is 7.03. The van der Waals surface area contributed by atoms with Gasteiger partial charge in [0.05, 0.1) is 13.2 Å². The van der Waals surface area contributed by atoms with Gasteiger partial charge in [0, 0.05) is 38.9 Å². The lowest BCUT2D eigenvalue weighted by Gasteiger charge is -2.35. The molecule has 0 rings (SSSR count). The summed E-state index contributed by atoms with van der Waals surface area (Å²) in [6.45, 7) is 12.4. The molecule has 0 bridgehead atoms. The summed E-state index contributed by atoms with van der Waals surface area (Å²) < 4.78 is 10.5. The number of hydrogen-bond donors (Lipinski definition) is 1. The van der Waals surface area contributed by atoms with E-state index >= 15 is 0 Å². The van der Waals surface area contributed by atoms with Gasteiger partial charge in [-0.2, -0.15) is 0 Å². The van der Waals surface area contributed by atoms with Gasteiger partial charge in [0.1, 0.15) is 0 Å². The summed E-state index contributed by atoms with van der Waals surface area (Å²) in [5.41, 5.74) is 0. The van der Waals surface area contributed by atoms with Crippen LogP contribution in [0.1, 0.15) is 34.1 Å². The third kappa shape index (κ3) is 7.31.